The Balaban J connectivity index is 2.67. The van der Waals surface area contributed by atoms with E-state index < -0.39 is 5.97 Å². The van der Waals surface area contributed by atoms with Gasteiger partial charge in [-0.2, -0.15) is 5.26 Å². The summed E-state index contributed by atoms with van der Waals surface area (Å²) in [6.07, 6.45) is 1.48. The molecule has 7 nitrogen and oxygen atoms in total. The average molecular weight is 301 g/mol. The fourth-order valence-electron chi connectivity index (χ4n) is 2.09. The molecular weight excluding hydrogens is 286 g/mol. The molecule has 1 aromatic carbocycles. The number of nitrogens with two attached hydrogens (primary N) is 1. The predicted octanol–water partition coefficient (Wildman–Crippen LogP) is 1.73. The van der Waals surface area contributed by atoms with E-state index in [0.717, 1.165) is 0 Å². The van der Waals surface area contributed by atoms with Gasteiger partial charge in [0.15, 0.2) is 17.2 Å². The summed E-state index contributed by atoms with van der Waals surface area (Å²) in [5, 5.41) is 9.10. The van der Waals surface area contributed by atoms with E-state index >= 15 is 0 Å². The maximum Gasteiger partial charge on any atom is 0.357 e. The van der Waals surface area contributed by atoms with Crippen LogP contribution in [0.2, 0.25) is 0 Å². The Hall–Kier alpha value is -3.14. The number of rotatable bonds is 4. The number of methoxy groups -OCH3 is 3. The van der Waals surface area contributed by atoms with Crippen molar-refractivity contribution in [1.29, 1.82) is 5.26 Å². The highest BCUT2D eigenvalue weighted by molar-refractivity contribution is 5.96. The Morgan fingerprint density at radius 3 is 2.45 bits per heavy atom. The molecule has 22 heavy (non-hydrogen) atoms. The number of benzene rings is 1. The van der Waals surface area contributed by atoms with Crippen LogP contribution in [-0.2, 0) is 4.74 Å². The molecule has 7 heteroatoms. The predicted molar refractivity (Wildman–Crippen MR) is 79.3 cm³/mol. The van der Waals surface area contributed by atoms with Crippen LogP contribution in [0.25, 0.3) is 5.69 Å². The van der Waals surface area contributed by atoms with Gasteiger partial charge in [-0.1, -0.05) is 0 Å². The molecule has 0 saturated carbocycles. The van der Waals surface area contributed by atoms with Gasteiger partial charge in [0.2, 0.25) is 0 Å². The lowest BCUT2D eigenvalue weighted by Gasteiger charge is -2.12. The highest BCUT2D eigenvalue weighted by Crippen LogP contribution is 2.31. The number of hydrogen-bond acceptors (Lipinski definition) is 6. The molecule has 0 aliphatic carbocycles. The zero-order chi connectivity index (χ0) is 16.3. The van der Waals surface area contributed by atoms with Gasteiger partial charge in [-0.25, -0.2) is 4.79 Å². The van der Waals surface area contributed by atoms with Crippen molar-refractivity contribution in [2.24, 2.45) is 0 Å². The second-order valence-corrected chi connectivity index (χ2v) is 4.32. The van der Waals surface area contributed by atoms with E-state index in [2.05, 4.69) is 0 Å². The van der Waals surface area contributed by atoms with E-state index in [0.29, 0.717) is 17.2 Å². The minimum atomic E-state index is -0.631. The molecule has 0 aliphatic heterocycles. The first kappa shape index (κ1) is 15.3. The molecule has 0 atom stereocenters. The third-order valence-electron chi connectivity index (χ3n) is 3.19. The average Bonchev–Trinajstić information content (AvgIpc) is 2.89. The lowest BCUT2D eigenvalue weighted by atomic mass is 10.2. The van der Waals surface area contributed by atoms with E-state index in [1.165, 1.54) is 32.1 Å². The van der Waals surface area contributed by atoms with E-state index in [4.69, 9.17) is 25.2 Å². The zero-order valence-corrected chi connectivity index (χ0v) is 12.4. The Labute approximate surface area is 127 Å². The van der Waals surface area contributed by atoms with E-state index in [1.807, 2.05) is 6.07 Å². The molecular formula is C15H15N3O4. The van der Waals surface area contributed by atoms with Gasteiger partial charge in [0, 0.05) is 18.0 Å². The van der Waals surface area contributed by atoms with Gasteiger partial charge in [0.1, 0.15) is 6.07 Å². The van der Waals surface area contributed by atoms with Crippen LogP contribution in [0.5, 0.6) is 11.5 Å². The van der Waals surface area contributed by atoms with Crippen molar-refractivity contribution in [2.45, 2.75) is 0 Å². The summed E-state index contributed by atoms with van der Waals surface area (Å²) < 4.78 is 16.6. The molecule has 2 rings (SSSR count). The summed E-state index contributed by atoms with van der Waals surface area (Å²) in [7, 11) is 4.28. The summed E-state index contributed by atoms with van der Waals surface area (Å²) in [5.41, 5.74) is 6.80. The van der Waals surface area contributed by atoms with Crippen LogP contribution in [0.1, 0.15) is 16.1 Å². The van der Waals surface area contributed by atoms with Crippen LogP contribution in [0.15, 0.2) is 24.4 Å². The quantitative estimate of drug-likeness (QED) is 0.863. The number of ether oxygens (including phenoxy) is 3. The molecule has 0 fully saturated rings. The number of carbonyl (C=O) groups is 1. The minimum absolute atomic E-state index is 0.0733. The molecule has 2 aromatic rings. The van der Waals surface area contributed by atoms with Crippen molar-refractivity contribution in [3.8, 4) is 23.3 Å². The fourth-order valence-corrected chi connectivity index (χ4v) is 2.09. The van der Waals surface area contributed by atoms with Crippen molar-refractivity contribution < 1.29 is 19.0 Å². The molecule has 0 bridgehead atoms. The molecule has 0 unspecified atom stereocenters. The minimum Gasteiger partial charge on any atom is -0.493 e. The number of carbonyl (C=O) groups excluding carboxylic acids is 1. The Bertz CT molecular complexity index is 759. The molecule has 0 spiro atoms. The van der Waals surface area contributed by atoms with Crippen molar-refractivity contribution in [3.05, 3.63) is 35.7 Å². The molecule has 0 aliphatic rings. The smallest absolute Gasteiger partial charge is 0.357 e. The van der Waals surface area contributed by atoms with E-state index in [1.54, 1.807) is 18.2 Å². The van der Waals surface area contributed by atoms with Crippen molar-refractivity contribution >= 4 is 11.7 Å². The van der Waals surface area contributed by atoms with Crippen LogP contribution in [-0.4, -0.2) is 31.9 Å². The monoisotopic (exact) mass is 301 g/mol. The summed E-state index contributed by atoms with van der Waals surface area (Å²) >= 11 is 0. The first-order valence-electron chi connectivity index (χ1n) is 6.29. The van der Waals surface area contributed by atoms with Crippen LogP contribution in [0, 0.1) is 11.3 Å². The van der Waals surface area contributed by atoms with Gasteiger partial charge in [0.25, 0.3) is 0 Å². The molecule has 1 aromatic heterocycles. The Morgan fingerprint density at radius 1 is 1.23 bits per heavy atom. The third kappa shape index (κ3) is 2.42. The summed E-state index contributed by atoms with van der Waals surface area (Å²) in [4.78, 5) is 11.9. The maximum atomic E-state index is 11.9. The number of hydrogen-bond donors (Lipinski definition) is 1. The number of nitriles is 1. The van der Waals surface area contributed by atoms with Gasteiger partial charge < -0.3 is 24.5 Å². The van der Waals surface area contributed by atoms with Gasteiger partial charge in [-0.3, -0.25) is 0 Å². The molecule has 114 valence electrons. The first-order valence-corrected chi connectivity index (χ1v) is 6.29. The number of anilines is 1. The van der Waals surface area contributed by atoms with E-state index in [9.17, 15) is 4.79 Å². The number of nitrogen functional groups attached to an aromatic ring is 1. The standard InChI is InChI=1S/C15H15N3O4/c1-20-11-5-4-10(6-12(11)21-2)18-8-9(7-16)13(17)14(18)15(19)22-3/h4-6,8H,17H2,1-3H3. The molecule has 1 heterocycles. The Kier molecular flexibility index (Phi) is 4.23. The van der Waals surface area contributed by atoms with Crippen LogP contribution < -0.4 is 15.2 Å². The zero-order valence-electron chi connectivity index (χ0n) is 12.4. The summed E-state index contributed by atoms with van der Waals surface area (Å²) in [5.74, 6) is 0.405. The highest BCUT2D eigenvalue weighted by atomic mass is 16.5. The Morgan fingerprint density at radius 2 is 1.91 bits per heavy atom. The third-order valence-corrected chi connectivity index (χ3v) is 3.19. The number of aromatic nitrogens is 1. The summed E-state index contributed by atoms with van der Waals surface area (Å²) in [6.45, 7) is 0. The van der Waals surface area contributed by atoms with Crippen LogP contribution in [0.3, 0.4) is 0 Å². The first-order chi connectivity index (χ1) is 10.6. The van der Waals surface area contributed by atoms with Crippen molar-refractivity contribution in [3.63, 3.8) is 0 Å². The lowest BCUT2D eigenvalue weighted by molar-refractivity contribution is 0.0593. The SMILES string of the molecule is COC(=O)c1c(N)c(C#N)cn1-c1ccc(OC)c(OC)c1. The second-order valence-electron chi connectivity index (χ2n) is 4.32. The largest absolute Gasteiger partial charge is 0.493 e. The molecule has 0 radical (unpaired) electrons. The normalized spacial score (nSPS) is 9.91. The van der Waals surface area contributed by atoms with Crippen LogP contribution >= 0.6 is 0 Å². The highest BCUT2D eigenvalue weighted by Gasteiger charge is 2.22. The van der Waals surface area contributed by atoms with E-state index in [-0.39, 0.29) is 16.9 Å². The van der Waals surface area contributed by atoms with Crippen LogP contribution in [0.4, 0.5) is 5.69 Å². The van der Waals surface area contributed by atoms with Crippen molar-refractivity contribution in [1.82, 2.24) is 4.57 Å². The lowest BCUT2D eigenvalue weighted by Crippen LogP contribution is -2.11. The molecule has 0 saturated heterocycles. The summed E-state index contributed by atoms with van der Waals surface area (Å²) in [6, 6.07) is 7.03. The molecule has 2 N–H and O–H groups in total. The van der Waals surface area contributed by atoms with Gasteiger partial charge >= 0.3 is 5.97 Å². The van der Waals surface area contributed by atoms with Gasteiger partial charge in [-0.05, 0) is 12.1 Å². The van der Waals surface area contributed by atoms with Gasteiger partial charge in [0.05, 0.1) is 32.6 Å². The second kappa shape index (κ2) is 6.10. The van der Waals surface area contributed by atoms with Crippen molar-refractivity contribution in [2.75, 3.05) is 27.1 Å². The number of nitrogens with zero attached hydrogens (tertiary/aromatic N) is 2. The van der Waals surface area contributed by atoms with Gasteiger partial charge in [-0.15, -0.1) is 0 Å². The maximum absolute atomic E-state index is 11.9. The fraction of sp³-hybridized carbons (Fsp3) is 0.200. The topological polar surface area (TPSA) is 99.5 Å². The molecule has 0 amide bonds. The number of esters is 1.